The first kappa shape index (κ1) is 29.5. The van der Waals surface area contributed by atoms with E-state index in [1.54, 1.807) is 0 Å². The number of ether oxygens (including phenoxy) is 1. The van der Waals surface area contributed by atoms with Crippen LogP contribution in [0, 0.1) is 52.3 Å². The molecule has 4 saturated carbocycles. The summed E-state index contributed by atoms with van der Waals surface area (Å²) in [5.74, 6) is 4.73. The van der Waals surface area contributed by atoms with Crippen LogP contribution in [-0.4, -0.2) is 21.9 Å². The highest BCUT2D eigenvalue weighted by molar-refractivity contribution is 8.14. The highest BCUT2D eigenvalue weighted by atomic mass is 32.2. The molecule has 0 radical (unpaired) electrons. The van der Waals surface area contributed by atoms with Crippen molar-refractivity contribution in [3.05, 3.63) is 0 Å². The van der Waals surface area contributed by atoms with Crippen LogP contribution >= 0.6 is 11.8 Å². The molecule has 0 bridgehead atoms. The first-order chi connectivity index (χ1) is 17.3. The molecule has 0 spiro atoms. The monoisotopic (exact) mass is 532 g/mol. The lowest BCUT2D eigenvalue weighted by Crippen LogP contribution is -2.54. The van der Waals surface area contributed by atoms with Gasteiger partial charge in [0, 0.05) is 11.2 Å². The van der Waals surface area contributed by atoms with Crippen LogP contribution in [0.4, 0.5) is 0 Å². The van der Waals surface area contributed by atoms with Crippen LogP contribution in [0.25, 0.3) is 0 Å². The smallest absolute Gasteiger partial charge is 0.308 e. The lowest BCUT2D eigenvalue weighted by molar-refractivity contribution is -0.166. The molecule has 4 fully saturated rings. The van der Waals surface area contributed by atoms with Gasteiger partial charge in [-0.15, -0.1) is 0 Å². The van der Waals surface area contributed by atoms with Crippen molar-refractivity contribution in [1.82, 2.24) is 0 Å². The van der Waals surface area contributed by atoms with E-state index in [1.165, 1.54) is 56.7 Å². The van der Waals surface area contributed by atoms with Gasteiger partial charge < -0.3 is 4.74 Å². The number of hydrogen-bond acceptors (Lipinski definition) is 4. The minimum Gasteiger partial charge on any atom is -0.462 e. The van der Waals surface area contributed by atoms with E-state index >= 15 is 0 Å². The van der Waals surface area contributed by atoms with Gasteiger partial charge in [0.1, 0.15) is 6.10 Å². The summed E-state index contributed by atoms with van der Waals surface area (Å²) in [6, 6.07) is 0. The second kappa shape index (κ2) is 11.2. The van der Waals surface area contributed by atoms with Gasteiger partial charge in [0.05, 0.1) is 5.92 Å². The first-order valence-corrected chi connectivity index (χ1v) is 16.5. The van der Waals surface area contributed by atoms with Gasteiger partial charge in [0.15, 0.2) is 5.12 Å². The molecule has 0 aromatic heterocycles. The zero-order chi connectivity index (χ0) is 27.2. The minimum atomic E-state index is 0.0167. The molecule has 4 aliphatic carbocycles. The van der Waals surface area contributed by atoms with Gasteiger partial charge in [-0.2, -0.15) is 0 Å². The number of carbonyl (C=O) groups excluding carboxylic acids is 2. The van der Waals surface area contributed by atoms with Crippen molar-refractivity contribution in [3.63, 3.8) is 0 Å². The zero-order valence-electron chi connectivity index (χ0n) is 25.2. The van der Waals surface area contributed by atoms with Crippen LogP contribution < -0.4 is 0 Å². The predicted octanol–water partition coefficient (Wildman–Crippen LogP) is 9.08. The van der Waals surface area contributed by atoms with Crippen molar-refractivity contribution in [1.29, 1.82) is 0 Å². The van der Waals surface area contributed by atoms with Crippen molar-refractivity contribution < 1.29 is 14.3 Å². The third-order valence-electron chi connectivity index (χ3n) is 11.9. The molecular weight excluding hydrogens is 476 g/mol. The van der Waals surface area contributed by atoms with Crippen LogP contribution in [-0.2, 0) is 14.3 Å². The number of thioether (sulfide) groups is 1. The van der Waals surface area contributed by atoms with Crippen LogP contribution in [0.3, 0.4) is 0 Å². The van der Waals surface area contributed by atoms with Crippen LogP contribution in [0.1, 0.15) is 132 Å². The third-order valence-corrected chi connectivity index (χ3v) is 12.9. The molecule has 37 heavy (non-hydrogen) atoms. The van der Waals surface area contributed by atoms with Crippen molar-refractivity contribution in [2.75, 3.05) is 0 Å². The van der Waals surface area contributed by atoms with E-state index < -0.39 is 0 Å². The molecule has 0 aromatic carbocycles. The summed E-state index contributed by atoms with van der Waals surface area (Å²) in [6.07, 6.45) is 14.4. The fourth-order valence-electron chi connectivity index (χ4n) is 9.69. The molecule has 0 saturated heterocycles. The van der Waals surface area contributed by atoms with Crippen molar-refractivity contribution in [3.8, 4) is 0 Å². The van der Waals surface area contributed by atoms with Crippen molar-refractivity contribution in [2.45, 2.75) is 143 Å². The van der Waals surface area contributed by atoms with E-state index in [9.17, 15) is 9.59 Å². The van der Waals surface area contributed by atoms with E-state index in [0.29, 0.717) is 27.8 Å². The van der Waals surface area contributed by atoms with Gasteiger partial charge in [-0.05, 0) is 117 Å². The Morgan fingerprint density at radius 2 is 1.62 bits per heavy atom. The Labute approximate surface area is 232 Å². The Kier molecular flexibility index (Phi) is 8.89. The normalized spacial score (nSPS) is 41.2. The van der Waals surface area contributed by atoms with Crippen molar-refractivity contribution in [2.24, 2.45) is 52.3 Å². The molecule has 0 aromatic rings. The number of carbonyl (C=O) groups is 2. The zero-order valence-corrected chi connectivity index (χ0v) is 26.1. The second-order valence-corrected chi connectivity index (χ2v) is 17.0. The van der Waals surface area contributed by atoms with Gasteiger partial charge in [-0.3, -0.25) is 9.59 Å². The summed E-state index contributed by atoms with van der Waals surface area (Å²) >= 11 is 1.53. The molecule has 10 unspecified atom stereocenters. The van der Waals surface area contributed by atoms with Crippen molar-refractivity contribution >= 4 is 22.8 Å². The highest BCUT2D eigenvalue weighted by Crippen LogP contribution is 2.68. The maximum atomic E-state index is 12.6. The molecule has 0 aliphatic heterocycles. The highest BCUT2D eigenvalue weighted by Gasteiger charge is 2.60. The Hall–Kier alpha value is -0.510. The Morgan fingerprint density at radius 3 is 2.30 bits per heavy atom. The number of esters is 1. The predicted molar refractivity (Wildman–Crippen MR) is 155 cm³/mol. The van der Waals surface area contributed by atoms with Gasteiger partial charge in [-0.25, -0.2) is 0 Å². The average Bonchev–Trinajstić information content (AvgIpc) is 3.18. The summed E-state index contributed by atoms with van der Waals surface area (Å²) in [5, 5.41) is 0.374. The van der Waals surface area contributed by atoms with E-state index in [1.807, 2.05) is 6.92 Å². The summed E-state index contributed by atoms with van der Waals surface area (Å²) in [4.78, 5) is 25.0. The fraction of sp³-hybridized carbons (Fsp3) is 0.939. The fourth-order valence-corrected chi connectivity index (χ4v) is 10.6. The molecule has 0 N–H and O–H groups in total. The summed E-state index contributed by atoms with van der Waals surface area (Å²) in [7, 11) is 0. The maximum absolute atomic E-state index is 12.6. The summed E-state index contributed by atoms with van der Waals surface area (Å²) < 4.78 is 6.02. The third kappa shape index (κ3) is 5.99. The molecular formula is C33H56O3S. The number of rotatable bonds is 7. The van der Waals surface area contributed by atoms with E-state index in [4.69, 9.17) is 4.74 Å². The minimum absolute atomic E-state index is 0.0167. The summed E-state index contributed by atoms with van der Waals surface area (Å²) in [5.41, 5.74) is 0.872. The van der Waals surface area contributed by atoms with E-state index in [2.05, 4.69) is 48.5 Å². The van der Waals surface area contributed by atoms with Gasteiger partial charge in [-0.1, -0.05) is 67.2 Å². The standard InChI is InChI=1S/C33H56O3S/c1-9-21(2)30(35)36-24-16-18-32(7)23(20-24)11-12-25-27-14-13-26(33(27,8)19-17-28(25)32)22(3)10-15-29(34)37-31(4,5)6/h21-28H,9-20H2,1-8H3. The molecule has 4 heteroatoms. The second-order valence-electron chi connectivity index (χ2n) is 15.1. The molecule has 0 heterocycles. The van der Waals surface area contributed by atoms with Crippen LogP contribution in [0.5, 0.6) is 0 Å². The maximum Gasteiger partial charge on any atom is 0.308 e. The van der Waals surface area contributed by atoms with Gasteiger partial charge >= 0.3 is 5.97 Å². The Balaban J connectivity index is 1.37. The number of hydrogen-bond donors (Lipinski definition) is 0. The molecule has 4 aliphatic rings. The Morgan fingerprint density at radius 1 is 0.946 bits per heavy atom. The molecule has 212 valence electrons. The van der Waals surface area contributed by atoms with E-state index in [-0.39, 0.29) is 22.7 Å². The average molecular weight is 533 g/mol. The molecule has 3 nitrogen and oxygen atoms in total. The molecule has 0 amide bonds. The van der Waals surface area contributed by atoms with Gasteiger partial charge in [0.2, 0.25) is 0 Å². The quantitative estimate of drug-likeness (QED) is 0.307. The first-order valence-electron chi connectivity index (χ1n) is 15.7. The summed E-state index contributed by atoms with van der Waals surface area (Å²) in [6.45, 7) is 18.2. The van der Waals surface area contributed by atoms with E-state index in [0.717, 1.165) is 55.8 Å². The topological polar surface area (TPSA) is 43.4 Å². The SMILES string of the molecule is CCC(C)C(=O)OC1CCC2(C)C(CCC3C2CCC2(C)C(C(C)CCC(=O)SC(C)(C)C)CCC32)C1. The molecule has 10 atom stereocenters. The lowest BCUT2D eigenvalue weighted by Gasteiger charge is -2.61. The van der Waals surface area contributed by atoms with Crippen LogP contribution in [0.15, 0.2) is 0 Å². The van der Waals surface area contributed by atoms with Gasteiger partial charge in [0.25, 0.3) is 0 Å². The Bertz CT molecular complexity index is 832. The largest absolute Gasteiger partial charge is 0.462 e. The number of fused-ring (bicyclic) bond motifs is 5. The lowest BCUT2D eigenvalue weighted by atomic mass is 9.44. The van der Waals surface area contributed by atoms with Crippen LogP contribution in [0.2, 0.25) is 0 Å². The molecule has 4 rings (SSSR count).